The molecule has 0 fully saturated rings. The quantitative estimate of drug-likeness (QED) is 0.883. The number of hydrogen-bond acceptors (Lipinski definition) is 5. The lowest BCUT2D eigenvalue weighted by Crippen LogP contribution is -2.26. The lowest BCUT2D eigenvalue weighted by atomic mass is 10.0. The predicted octanol–water partition coefficient (Wildman–Crippen LogP) is 1.93. The topological polar surface area (TPSA) is 76.9 Å². The van der Waals surface area contributed by atoms with Crippen molar-refractivity contribution >= 4 is 33.0 Å². The summed E-state index contributed by atoms with van der Waals surface area (Å²) < 4.78 is 28.3. The average Bonchev–Trinajstić information content (AvgIpc) is 3.03. The Labute approximate surface area is 138 Å². The van der Waals surface area contributed by atoms with Gasteiger partial charge in [0.1, 0.15) is 5.15 Å². The highest BCUT2D eigenvalue weighted by Crippen LogP contribution is 2.26. The van der Waals surface area contributed by atoms with Gasteiger partial charge in [-0.3, -0.25) is 0 Å². The predicted molar refractivity (Wildman–Crippen MR) is 85.9 cm³/mol. The summed E-state index contributed by atoms with van der Waals surface area (Å²) in [4.78, 5) is 9.79. The van der Waals surface area contributed by atoms with Gasteiger partial charge in [0.15, 0.2) is 0 Å². The van der Waals surface area contributed by atoms with Crippen molar-refractivity contribution in [3.8, 4) is 0 Å². The number of thiazole rings is 1. The molecule has 1 N–H and O–H groups in total. The van der Waals surface area contributed by atoms with Crippen molar-refractivity contribution in [3.63, 3.8) is 0 Å². The first kappa shape index (κ1) is 15.9. The van der Waals surface area contributed by atoms with E-state index in [0.29, 0.717) is 13.0 Å². The minimum atomic E-state index is -3.68. The van der Waals surface area contributed by atoms with E-state index in [1.54, 1.807) is 18.4 Å². The Kier molecular flexibility index (Phi) is 4.54. The second-order valence-corrected chi connectivity index (χ2v) is 8.49. The fourth-order valence-corrected chi connectivity index (χ4v) is 5.06. The van der Waals surface area contributed by atoms with E-state index >= 15 is 0 Å². The Hall–Kier alpha value is -0.960. The van der Waals surface area contributed by atoms with Crippen molar-refractivity contribution in [1.29, 1.82) is 0 Å². The molecular weight excluding hydrogens is 344 g/mol. The van der Waals surface area contributed by atoms with Crippen molar-refractivity contribution < 1.29 is 8.42 Å². The Bertz CT molecular complexity index is 759. The molecular formula is C13H17ClN4O2S2. The third-order valence-corrected chi connectivity index (χ3v) is 6.78. The maximum absolute atomic E-state index is 12.2. The molecule has 22 heavy (non-hydrogen) atoms. The van der Waals surface area contributed by atoms with Gasteiger partial charge >= 0.3 is 0 Å². The number of aryl methyl sites for hydroxylation is 3. The molecule has 0 aliphatic heterocycles. The lowest BCUT2D eigenvalue weighted by Gasteiger charge is -2.06. The molecule has 0 aromatic carbocycles. The van der Waals surface area contributed by atoms with Gasteiger partial charge in [-0.05, 0) is 25.7 Å². The lowest BCUT2D eigenvalue weighted by molar-refractivity contribution is 0.578. The van der Waals surface area contributed by atoms with Crippen LogP contribution in [0.15, 0.2) is 11.4 Å². The monoisotopic (exact) mass is 360 g/mol. The van der Waals surface area contributed by atoms with E-state index < -0.39 is 10.0 Å². The van der Waals surface area contributed by atoms with E-state index in [9.17, 15) is 8.42 Å². The standard InChI is InChI=1S/C13H17ClN4O2S2/c1-18-8-15-13(12(18)14)22(19,20)16-7-6-11-17-9-4-2-3-5-10(9)21-11/h8,16H,2-7H2,1H3. The molecule has 0 spiro atoms. The molecule has 2 heterocycles. The first-order chi connectivity index (χ1) is 10.5. The summed E-state index contributed by atoms with van der Waals surface area (Å²) in [6.07, 6.45) is 6.52. The second-order valence-electron chi connectivity index (χ2n) is 5.28. The third-order valence-electron chi connectivity index (χ3n) is 3.61. The zero-order chi connectivity index (χ0) is 15.7. The Morgan fingerprint density at radius 1 is 1.41 bits per heavy atom. The van der Waals surface area contributed by atoms with Crippen molar-refractivity contribution in [2.75, 3.05) is 6.54 Å². The van der Waals surface area contributed by atoms with E-state index in [-0.39, 0.29) is 10.2 Å². The number of halogens is 1. The first-order valence-corrected chi connectivity index (χ1v) is 9.79. The van der Waals surface area contributed by atoms with Crippen molar-refractivity contribution in [2.45, 2.75) is 37.1 Å². The summed E-state index contributed by atoms with van der Waals surface area (Å²) in [5, 5.41) is 0.967. The molecule has 0 bridgehead atoms. The molecule has 2 aromatic rings. The summed E-state index contributed by atoms with van der Waals surface area (Å²) in [7, 11) is -2.03. The third kappa shape index (κ3) is 3.19. The van der Waals surface area contributed by atoms with Crippen LogP contribution in [0, 0.1) is 0 Å². The van der Waals surface area contributed by atoms with E-state index in [2.05, 4.69) is 14.7 Å². The van der Waals surface area contributed by atoms with Gasteiger partial charge in [-0.1, -0.05) is 11.6 Å². The smallest absolute Gasteiger partial charge is 0.261 e. The molecule has 0 amide bonds. The normalized spacial score (nSPS) is 15.0. The Morgan fingerprint density at radius 3 is 2.86 bits per heavy atom. The van der Waals surface area contributed by atoms with Crippen LogP contribution in [0.4, 0.5) is 0 Å². The van der Waals surface area contributed by atoms with Crippen LogP contribution in [0.3, 0.4) is 0 Å². The van der Waals surface area contributed by atoms with Crippen LogP contribution in [0.1, 0.15) is 28.4 Å². The van der Waals surface area contributed by atoms with Crippen LogP contribution in [0.2, 0.25) is 5.15 Å². The molecule has 1 aliphatic rings. The fraction of sp³-hybridized carbons (Fsp3) is 0.538. The van der Waals surface area contributed by atoms with Crippen LogP contribution in [0.5, 0.6) is 0 Å². The molecule has 0 atom stereocenters. The van der Waals surface area contributed by atoms with Crippen LogP contribution < -0.4 is 4.72 Å². The maximum Gasteiger partial charge on any atom is 0.261 e. The highest BCUT2D eigenvalue weighted by atomic mass is 35.5. The number of rotatable bonds is 5. The van der Waals surface area contributed by atoms with Gasteiger partial charge < -0.3 is 4.57 Å². The number of nitrogens with zero attached hydrogens (tertiary/aromatic N) is 3. The van der Waals surface area contributed by atoms with Gasteiger partial charge in [0.05, 0.1) is 17.0 Å². The molecule has 9 heteroatoms. The van der Waals surface area contributed by atoms with E-state index in [1.807, 2.05) is 0 Å². The molecule has 120 valence electrons. The highest BCUT2D eigenvalue weighted by Gasteiger charge is 2.22. The van der Waals surface area contributed by atoms with Gasteiger partial charge in [0, 0.05) is 24.9 Å². The van der Waals surface area contributed by atoms with Crippen LogP contribution in [-0.4, -0.2) is 29.5 Å². The summed E-state index contributed by atoms with van der Waals surface area (Å²) in [5.41, 5.74) is 1.20. The van der Waals surface area contributed by atoms with Crippen LogP contribution >= 0.6 is 22.9 Å². The Morgan fingerprint density at radius 2 is 2.18 bits per heavy atom. The SMILES string of the molecule is Cn1cnc(S(=O)(=O)NCCc2nc3c(s2)CCCC3)c1Cl. The first-order valence-electron chi connectivity index (χ1n) is 7.11. The number of fused-ring (bicyclic) bond motifs is 1. The van der Waals surface area contributed by atoms with Crippen LogP contribution in [0.25, 0.3) is 0 Å². The number of hydrogen-bond donors (Lipinski definition) is 1. The largest absolute Gasteiger partial charge is 0.324 e. The van der Waals surface area contributed by atoms with E-state index in [1.165, 1.54) is 34.3 Å². The minimum Gasteiger partial charge on any atom is -0.324 e. The van der Waals surface area contributed by atoms with Gasteiger partial charge in [-0.2, -0.15) is 0 Å². The van der Waals surface area contributed by atoms with Crippen molar-refractivity contribution in [1.82, 2.24) is 19.3 Å². The second kappa shape index (κ2) is 6.27. The van der Waals surface area contributed by atoms with Crippen LogP contribution in [-0.2, 0) is 36.3 Å². The zero-order valence-electron chi connectivity index (χ0n) is 12.2. The highest BCUT2D eigenvalue weighted by molar-refractivity contribution is 7.89. The number of nitrogens with one attached hydrogen (secondary N) is 1. The Balaban J connectivity index is 1.63. The van der Waals surface area contributed by atoms with Gasteiger partial charge in [0.2, 0.25) is 5.03 Å². The summed E-state index contributed by atoms with van der Waals surface area (Å²) in [6, 6.07) is 0. The molecule has 2 aromatic heterocycles. The summed E-state index contributed by atoms with van der Waals surface area (Å²) in [5.74, 6) is 0. The van der Waals surface area contributed by atoms with E-state index in [4.69, 9.17) is 11.6 Å². The maximum atomic E-state index is 12.2. The molecule has 0 unspecified atom stereocenters. The number of imidazole rings is 1. The number of sulfonamides is 1. The van der Waals surface area contributed by atoms with Crippen molar-refractivity contribution in [3.05, 3.63) is 27.1 Å². The molecule has 0 saturated heterocycles. The fourth-order valence-electron chi connectivity index (χ4n) is 2.45. The number of aromatic nitrogens is 3. The minimum absolute atomic E-state index is 0.109. The zero-order valence-corrected chi connectivity index (χ0v) is 14.6. The van der Waals surface area contributed by atoms with Gasteiger partial charge in [-0.15, -0.1) is 11.3 Å². The molecule has 0 saturated carbocycles. The average molecular weight is 361 g/mol. The molecule has 3 rings (SSSR count). The molecule has 6 nitrogen and oxygen atoms in total. The van der Waals surface area contributed by atoms with Gasteiger partial charge in [-0.25, -0.2) is 23.1 Å². The van der Waals surface area contributed by atoms with Gasteiger partial charge in [0.25, 0.3) is 10.0 Å². The van der Waals surface area contributed by atoms with Crippen molar-refractivity contribution in [2.24, 2.45) is 7.05 Å². The molecule has 0 radical (unpaired) electrons. The summed E-state index contributed by atoms with van der Waals surface area (Å²) >= 11 is 7.63. The summed E-state index contributed by atoms with van der Waals surface area (Å²) in [6.45, 7) is 0.293. The van der Waals surface area contributed by atoms with E-state index in [0.717, 1.165) is 17.8 Å². The molecule has 1 aliphatic carbocycles.